The van der Waals surface area contributed by atoms with Gasteiger partial charge < -0.3 is 9.47 Å². The molecule has 30 heavy (non-hydrogen) atoms. The van der Waals surface area contributed by atoms with Crippen molar-refractivity contribution < 1.29 is 26.7 Å². The predicted molar refractivity (Wildman–Crippen MR) is 118 cm³/mol. The maximum absolute atomic E-state index is 13.1. The summed E-state index contributed by atoms with van der Waals surface area (Å²) in [6.07, 6.45) is -0.551. The van der Waals surface area contributed by atoms with Gasteiger partial charge in [0.2, 0.25) is 10.0 Å². The van der Waals surface area contributed by atoms with E-state index in [1.54, 1.807) is 30.3 Å². The molecule has 0 spiro atoms. The van der Waals surface area contributed by atoms with Crippen molar-refractivity contribution in [3.63, 3.8) is 0 Å². The van der Waals surface area contributed by atoms with Gasteiger partial charge in [0.25, 0.3) is 0 Å². The largest absolute Gasteiger partial charge is 0.479 e. The molecule has 1 aliphatic rings. The van der Waals surface area contributed by atoms with E-state index in [1.165, 1.54) is 11.3 Å². The van der Waals surface area contributed by atoms with E-state index in [0.717, 1.165) is 8.66 Å². The van der Waals surface area contributed by atoms with Crippen molar-refractivity contribution in [1.82, 2.24) is 0 Å². The molecule has 0 amide bonds. The number of nitrogens with two attached hydrogens (primary N) is 1. The molecule has 4 rings (SSSR count). The lowest BCUT2D eigenvalue weighted by Gasteiger charge is -2.30. The highest BCUT2D eigenvalue weighted by Gasteiger charge is 2.32. The standard InChI is InChI=1S/C19H13Br2F2NO4S2/c20-12-3-4-13-16(18(12)28-19(22)23)10-2-1-9(8-30(24,25)26)7-11(10)17(27-13)14-5-6-15(21)29-14/h1-7,17,19H,8H2,(H2,24,25,26). The fraction of sp³-hybridized carbons (Fsp3) is 0.158. The summed E-state index contributed by atoms with van der Waals surface area (Å²) in [5, 5.41) is 5.20. The van der Waals surface area contributed by atoms with Gasteiger partial charge in [-0.15, -0.1) is 11.3 Å². The van der Waals surface area contributed by atoms with Crippen molar-refractivity contribution >= 4 is 53.2 Å². The Morgan fingerprint density at radius 3 is 2.57 bits per heavy atom. The Balaban J connectivity index is 1.94. The fourth-order valence-electron chi connectivity index (χ4n) is 3.35. The molecule has 0 bridgehead atoms. The normalized spacial score (nSPS) is 15.5. The molecule has 1 unspecified atom stereocenters. The second-order valence-corrected chi connectivity index (χ2v) is 11.5. The van der Waals surface area contributed by atoms with Crippen LogP contribution in [0.3, 0.4) is 0 Å². The van der Waals surface area contributed by atoms with Gasteiger partial charge in [-0.25, -0.2) is 13.6 Å². The Morgan fingerprint density at radius 2 is 1.93 bits per heavy atom. The van der Waals surface area contributed by atoms with Crippen LogP contribution in [-0.4, -0.2) is 15.0 Å². The molecule has 5 nitrogen and oxygen atoms in total. The summed E-state index contributed by atoms with van der Waals surface area (Å²) in [7, 11) is -3.75. The monoisotopic (exact) mass is 579 g/mol. The summed E-state index contributed by atoms with van der Waals surface area (Å²) < 4.78 is 61.5. The summed E-state index contributed by atoms with van der Waals surface area (Å²) in [4.78, 5) is 0.862. The first-order valence-electron chi connectivity index (χ1n) is 8.45. The molecule has 0 fully saturated rings. The van der Waals surface area contributed by atoms with Crippen LogP contribution in [0.4, 0.5) is 8.78 Å². The number of rotatable bonds is 5. The van der Waals surface area contributed by atoms with E-state index in [9.17, 15) is 17.2 Å². The first kappa shape index (κ1) is 21.7. The fourth-order valence-corrected chi connectivity index (χ4v) is 5.89. The Morgan fingerprint density at radius 1 is 1.17 bits per heavy atom. The van der Waals surface area contributed by atoms with E-state index in [4.69, 9.17) is 14.6 Å². The molecule has 3 aromatic rings. The van der Waals surface area contributed by atoms with E-state index in [-0.39, 0.29) is 11.5 Å². The minimum absolute atomic E-state index is 0.0474. The van der Waals surface area contributed by atoms with Gasteiger partial charge in [0.05, 0.1) is 24.5 Å². The maximum Gasteiger partial charge on any atom is 0.387 e. The number of primary sulfonamides is 1. The zero-order chi connectivity index (χ0) is 21.6. The van der Waals surface area contributed by atoms with Crippen LogP contribution in [-0.2, 0) is 15.8 Å². The Bertz CT molecular complexity index is 1230. The third-order valence-corrected chi connectivity index (χ3v) is 7.44. The van der Waals surface area contributed by atoms with Crippen LogP contribution in [0, 0.1) is 0 Å². The third-order valence-electron chi connectivity index (χ3n) is 4.41. The van der Waals surface area contributed by atoms with Gasteiger partial charge in [-0.3, -0.25) is 0 Å². The van der Waals surface area contributed by atoms with Crippen LogP contribution in [0.15, 0.2) is 50.7 Å². The third kappa shape index (κ3) is 4.40. The first-order valence-corrected chi connectivity index (χ1v) is 12.6. The van der Waals surface area contributed by atoms with Gasteiger partial charge >= 0.3 is 6.61 Å². The summed E-state index contributed by atoms with van der Waals surface area (Å²) in [5.74, 6) is -0.0174. The average molecular weight is 581 g/mol. The lowest BCUT2D eigenvalue weighted by Crippen LogP contribution is -2.18. The number of fused-ring (bicyclic) bond motifs is 3. The molecule has 0 aliphatic carbocycles. The summed E-state index contributed by atoms with van der Waals surface area (Å²) >= 11 is 8.15. The zero-order valence-corrected chi connectivity index (χ0v) is 19.7. The molecule has 0 saturated heterocycles. The van der Waals surface area contributed by atoms with Crippen LogP contribution in [0.1, 0.15) is 22.1 Å². The van der Waals surface area contributed by atoms with Crippen molar-refractivity contribution in [3.8, 4) is 22.6 Å². The molecular weight excluding hydrogens is 568 g/mol. The molecule has 2 N–H and O–H groups in total. The van der Waals surface area contributed by atoms with Crippen LogP contribution in [0.2, 0.25) is 0 Å². The number of benzene rings is 2. The molecule has 1 aromatic heterocycles. The minimum Gasteiger partial charge on any atom is -0.479 e. The Hall–Kier alpha value is -1.53. The van der Waals surface area contributed by atoms with Gasteiger partial charge in [-0.2, -0.15) is 8.78 Å². The highest BCUT2D eigenvalue weighted by molar-refractivity contribution is 9.11. The van der Waals surface area contributed by atoms with E-state index >= 15 is 0 Å². The first-order chi connectivity index (χ1) is 14.1. The van der Waals surface area contributed by atoms with Crippen LogP contribution in [0.5, 0.6) is 11.5 Å². The van der Waals surface area contributed by atoms with E-state index in [0.29, 0.717) is 32.5 Å². The lowest BCUT2D eigenvalue weighted by molar-refractivity contribution is -0.0501. The minimum atomic E-state index is -3.75. The molecule has 1 atom stereocenters. The zero-order valence-electron chi connectivity index (χ0n) is 14.9. The Labute approximate surface area is 192 Å². The topological polar surface area (TPSA) is 78.6 Å². The second kappa shape index (κ2) is 8.19. The highest BCUT2D eigenvalue weighted by atomic mass is 79.9. The van der Waals surface area contributed by atoms with Crippen LogP contribution in [0.25, 0.3) is 11.1 Å². The molecule has 11 heteroatoms. The summed E-state index contributed by atoms with van der Waals surface area (Å²) in [5.41, 5.74) is 2.08. The quantitative estimate of drug-likeness (QED) is 0.413. The molecule has 2 heterocycles. The van der Waals surface area contributed by atoms with Crippen molar-refractivity contribution in [3.05, 3.63) is 66.7 Å². The molecule has 1 aliphatic heterocycles. The number of alkyl halides is 2. The van der Waals surface area contributed by atoms with Crippen molar-refractivity contribution in [2.24, 2.45) is 5.14 Å². The SMILES string of the molecule is NS(=O)(=O)Cc1ccc2c(c1)C(c1ccc(Br)s1)Oc1ccc(Br)c(OC(F)F)c1-2. The number of halogens is 4. The van der Waals surface area contributed by atoms with Crippen LogP contribution < -0.4 is 14.6 Å². The molecule has 0 radical (unpaired) electrons. The summed E-state index contributed by atoms with van der Waals surface area (Å²) in [6.45, 7) is -3.02. The van der Waals surface area contributed by atoms with Crippen molar-refractivity contribution in [1.29, 1.82) is 0 Å². The highest BCUT2D eigenvalue weighted by Crippen LogP contribution is 2.52. The van der Waals surface area contributed by atoms with E-state index < -0.39 is 22.7 Å². The molecule has 0 saturated carbocycles. The molecular formula is C19H13Br2F2NO4S2. The number of thiophene rings is 1. The number of hydrogen-bond donors (Lipinski definition) is 1. The van der Waals surface area contributed by atoms with E-state index in [2.05, 4.69) is 31.9 Å². The molecule has 158 valence electrons. The van der Waals surface area contributed by atoms with Gasteiger partial charge in [-0.05, 0) is 67.3 Å². The van der Waals surface area contributed by atoms with E-state index in [1.807, 2.05) is 12.1 Å². The second-order valence-electron chi connectivity index (χ2n) is 6.50. The average Bonchev–Trinajstić information content (AvgIpc) is 3.07. The number of hydrogen-bond acceptors (Lipinski definition) is 5. The van der Waals surface area contributed by atoms with Gasteiger partial charge in [-0.1, -0.05) is 18.2 Å². The van der Waals surface area contributed by atoms with Crippen molar-refractivity contribution in [2.75, 3.05) is 0 Å². The predicted octanol–water partition coefficient (Wildman–Crippen LogP) is 5.81. The smallest absolute Gasteiger partial charge is 0.387 e. The number of sulfonamides is 1. The van der Waals surface area contributed by atoms with Crippen LogP contribution >= 0.6 is 43.2 Å². The number of ether oxygens (including phenoxy) is 2. The van der Waals surface area contributed by atoms with Gasteiger partial charge in [0.1, 0.15) is 5.75 Å². The summed E-state index contributed by atoms with van der Waals surface area (Å²) in [6, 6.07) is 12.0. The lowest BCUT2D eigenvalue weighted by atomic mass is 9.90. The Kier molecular flexibility index (Phi) is 5.92. The van der Waals surface area contributed by atoms with Gasteiger partial charge in [0.15, 0.2) is 11.9 Å². The van der Waals surface area contributed by atoms with Crippen molar-refractivity contribution in [2.45, 2.75) is 18.5 Å². The maximum atomic E-state index is 13.1. The molecule has 2 aromatic carbocycles. The van der Waals surface area contributed by atoms with Gasteiger partial charge in [0, 0.05) is 5.56 Å².